The Balaban J connectivity index is 1.42. The van der Waals surface area contributed by atoms with Crippen molar-refractivity contribution in [1.29, 1.82) is 0 Å². The largest absolute Gasteiger partial charge is 0.372 e. The zero-order chi connectivity index (χ0) is 22.2. The molecule has 1 aliphatic heterocycles. The summed E-state index contributed by atoms with van der Waals surface area (Å²) in [5, 5.41) is 5.87. The van der Waals surface area contributed by atoms with Gasteiger partial charge in [-0.2, -0.15) is 0 Å². The van der Waals surface area contributed by atoms with Gasteiger partial charge in [0, 0.05) is 31.2 Å². The molecule has 0 radical (unpaired) electrons. The fourth-order valence-electron chi connectivity index (χ4n) is 3.85. The maximum absolute atomic E-state index is 12.7. The smallest absolute Gasteiger partial charge is 0.315 e. The number of carbonyl (C=O) groups is 2. The van der Waals surface area contributed by atoms with Crippen LogP contribution in [-0.4, -0.2) is 48.2 Å². The third-order valence-corrected chi connectivity index (χ3v) is 5.45. The Hall–Kier alpha value is -2.86. The number of benzene rings is 2. The number of morpholine rings is 1. The third-order valence-electron chi connectivity index (χ3n) is 5.45. The number of urea groups is 1. The van der Waals surface area contributed by atoms with E-state index in [9.17, 15) is 9.59 Å². The highest BCUT2D eigenvalue weighted by Crippen LogP contribution is 2.15. The maximum atomic E-state index is 12.7. The molecule has 166 valence electrons. The van der Waals surface area contributed by atoms with E-state index in [1.807, 2.05) is 68.1 Å². The van der Waals surface area contributed by atoms with E-state index in [0.717, 1.165) is 18.4 Å². The summed E-state index contributed by atoms with van der Waals surface area (Å²) in [7, 11) is 0. The summed E-state index contributed by atoms with van der Waals surface area (Å²) in [5.74, 6) is 0.0199. The topological polar surface area (TPSA) is 70.7 Å². The molecule has 6 nitrogen and oxygen atoms in total. The van der Waals surface area contributed by atoms with Crippen LogP contribution >= 0.6 is 0 Å². The van der Waals surface area contributed by atoms with Crippen LogP contribution in [0.15, 0.2) is 54.6 Å². The first-order chi connectivity index (χ1) is 14.9. The summed E-state index contributed by atoms with van der Waals surface area (Å²) in [5.41, 5.74) is 2.88. The van der Waals surface area contributed by atoms with Gasteiger partial charge in [0.15, 0.2) is 0 Å². The molecule has 2 aromatic carbocycles. The lowest BCUT2D eigenvalue weighted by Gasteiger charge is -2.35. The van der Waals surface area contributed by atoms with E-state index in [4.69, 9.17) is 4.74 Å². The van der Waals surface area contributed by atoms with Crippen LogP contribution in [0.25, 0.3) is 0 Å². The monoisotopic (exact) mass is 423 g/mol. The number of nitrogens with one attached hydrogen (secondary N) is 2. The van der Waals surface area contributed by atoms with Gasteiger partial charge in [-0.1, -0.05) is 42.5 Å². The Kier molecular flexibility index (Phi) is 8.06. The summed E-state index contributed by atoms with van der Waals surface area (Å²) in [6, 6.07) is 17.6. The van der Waals surface area contributed by atoms with E-state index >= 15 is 0 Å². The summed E-state index contributed by atoms with van der Waals surface area (Å²) < 4.78 is 5.70. The van der Waals surface area contributed by atoms with Gasteiger partial charge in [-0.05, 0) is 56.9 Å². The van der Waals surface area contributed by atoms with Crippen LogP contribution in [-0.2, 0) is 17.7 Å². The Morgan fingerprint density at radius 2 is 1.65 bits per heavy atom. The second-order valence-electron chi connectivity index (χ2n) is 8.42. The quantitative estimate of drug-likeness (QED) is 0.712. The number of aryl methyl sites for hydroxylation is 1. The molecule has 31 heavy (non-hydrogen) atoms. The minimum Gasteiger partial charge on any atom is -0.372 e. The molecule has 6 heteroatoms. The van der Waals surface area contributed by atoms with Gasteiger partial charge in [-0.15, -0.1) is 0 Å². The van der Waals surface area contributed by atoms with Crippen LogP contribution in [0.5, 0.6) is 0 Å². The van der Waals surface area contributed by atoms with Crippen molar-refractivity contribution in [3.8, 4) is 0 Å². The van der Waals surface area contributed by atoms with Gasteiger partial charge in [-0.25, -0.2) is 4.79 Å². The molecule has 3 atom stereocenters. The fourth-order valence-corrected chi connectivity index (χ4v) is 3.85. The zero-order valence-corrected chi connectivity index (χ0v) is 18.6. The molecule has 2 aromatic rings. The van der Waals surface area contributed by atoms with Crippen molar-refractivity contribution < 1.29 is 14.3 Å². The van der Waals surface area contributed by atoms with Crippen molar-refractivity contribution in [2.45, 2.75) is 58.4 Å². The van der Waals surface area contributed by atoms with Gasteiger partial charge < -0.3 is 20.3 Å². The highest BCUT2D eigenvalue weighted by atomic mass is 16.5. The summed E-state index contributed by atoms with van der Waals surface area (Å²) >= 11 is 0. The van der Waals surface area contributed by atoms with Gasteiger partial charge in [0.1, 0.15) is 0 Å². The lowest BCUT2D eigenvalue weighted by Crippen LogP contribution is -2.48. The van der Waals surface area contributed by atoms with Crippen LogP contribution in [0.1, 0.15) is 48.7 Å². The SMILES string of the molecule is CC(CCc1ccccc1)NC(=O)NCc1ccc(C(=O)N2CC(C)OC(C)C2)cc1. The Labute approximate surface area is 185 Å². The van der Waals surface area contributed by atoms with Gasteiger partial charge in [0.2, 0.25) is 0 Å². The van der Waals surface area contributed by atoms with Crippen molar-refractivity contribution in [3.05, 3.63) is 71.3 Å². The second kappa shape index (κ2) is 11.0. The molecule has 2 N–H and O–H groups in total. The Morgan fingerprint density at radius 3 is 2.29 bits per heavy atom. The minimum atomic E-state index is -0.183. The van der Waals surface area contributed by atoms with Crippen LogP contribution in [0.4, 0.5) is 4.79 Å². The minimum absolute atomic E-state index is 0.0199. The van der Waals surface area contributed by atoms with E-state index in [2.05, 4.69) is 22.8 Å². The van der Waals surface area contributed by atoms with Gasteiger partial charge in [-0.3, -0.25) is 4.79 Å². The molecule has 3 amide bonds. The van der Waals surface area contributed by atoms with E-state index in [-0.39, 0.29) is 30.2 Å². The molecule has 0 saturated carbocycles. The highest BCUT2D eigenvalue weighted by molar-refractivity contribution is 5.94. The lowest BCUT2D eigenvalue weighted by molar-refractivity contribution is -0.0586. The molecular formula is C25H33N3O3. The third kappa shape index (κ3) is 7.10. The van der Waals surface area contributed by atoms with Crippen molar-refractivity contribution in [3.63, 3.8) is 0 Å². The van der Waals surface area contributed by atoms with E-state index in [0.29, 0.717) is 25.2 Å². The zero-order valence-electron chi connectivity index (χ0n) is 18.6. The molecule has 1 aliphatic rings. The first-order valence-electron chi connectivity index (χ1n) is 11.0. The van der Waals surface area contributed by atoms with E-state index in [1.54, 1.807) is 0 Å². The molecule has 0 aromatic heterocycles. The maximum Gasteiger partial charge on any atom is 0.315 e. The lowest BCUT2D eigenvalue weighted by atomic mass is 10.1. The molecule has 0 aliphatic carbocycles. The van der Waals surface area contributed by atoms with Crippen LogP contribution in [0.3, 0.4) is 0 Å². The number of rotatable bonds is 7. The molecule has 3 unspecified atom stereocenters. The number of hydrogen-bond donors (Lipinski definition) is 2. The first kappa shape index (κ1) is 22.8. The molecule has 3 rings (SSSR count). The molecule has 1 saturated heterocycles. The second-order valence-corrected chi connectivity index (χ2v) is 8.42. The van der Waals surface area contributed by atoms with Crippen LogP contribution in [0, 0.1) is 0 Å². The standard InChI is InChI=1S/C25H33N3O3/c1-18(9-10-21-7-5-4-6-8-21)27-25(30)26-15-22-11-13-23(14-12-22)24(29)28-16-19(2)31-20(3)17-28/h4-8,11-14,18-20H,9-10,15-17H2,1-3H3,(H2,26,27,30). The summed E-state index contributed by atoms with van der Waals surface area (Å²) in [6.45, 7) is 7.61. The number of amides is 3. The van der Waals surface area contributed by atoms with Crippen molar-refractivity contribution >= 4 is 11.9 Å². The van der Waals surface area contributed by atoms with Gasteiger partial charge >= 0.3 is 6.03 Å². The molecular weight excluding hydrogens is 390 g/mol. The number of hydrogen-bond acceptors (Lipinski definition) is 3. The van der Waals surface area contributed by atoms with Crippen molar-refractivity contribution in [1.82, 2.24) is 15.5 Å². The first-order valence-corrected chi connectivity index (χ1v) is 11.0. The van der Waals surface area contributed by atoms with Gasteiger partial charge in [0.25, 0.3) is 5.91 Å². The van der Waals surface area contributed by atoms with Crippen LogP contribution < -0.4 is 10.6 Å². The molecule has 1 fully saturated rings. The van der Waals surface area contributed by atoms with Crippen LogP contribution in [0.2, 0.25) is 0 Å². The average Bonchev–Trinajstić information content (AvgIpc) is 2.76. The van der Waals surface area contributed by atoms with Crippen molar-refractivity contribution in [2.24, 2.45) is 0 Å². The predicted molar refractivity (Wildman–Crippen MR) is 122 cm³/mol. The number of ether oxygens (including phenoxy) is 1. The molecule has 0 spiro atoms. The molecule has 0 bridgehead atoms. The summed E-state index contributed by atoms with van der Waals surface area (Å²) in [6.07, 6.45) is 1.90. The molecule has 1 heterocycles. The van der Waals surface area contributed by atoms with E-state index < -0.39 is 0 Å². The average molecular weight is 424 g/mol. The van der Waals surface area contributed by atoms with Crippen molar-refractivity contribution in [2.75, 3.05) is 13.1 Å². The highest BCUT2D eigenvalue weighted by Gasteiger charge is 2.26. The fraction of sp³-hybridized carbons (Fsp3) is 0.440. The van der Waals surface area contributed by atoms with Gasteiger partial charge in [0.05, 0.1) is 12.2 Å². The normalized spacial score (nSPS) is 19.5. The predicted octanol–water partition coefficient (Wildman–Crippen LogP) is 3.76. The number of nitrogens with zero attached hydrogens (tertiary/aromatic N) is 1. The number of carbonyl (C=O) groups excluding carboxylic acids is 2. The summed E-state index contributed by atoms with van der Waals surface area (Å²) in [4.78, 5) is 26.8. The Morgan fingerprint density at radius 1 is 1.00 bits per heavy atom. The Bertz CT molecular complexity index is 844. The van der Waals surface area contributed by atoms with E-state index in [1.165, 1.54) is 5.56 Å².